The van der Waals surface area contributed by atoms with Crippen molar-refractivity contribution in [2.45, 2.75) is 52.4 Å². The molecule has 1 unspecified atom stereocenters. The fourth-order valence-electron chi connectivity index (χ4n) is 1.57. The molecule has 0 aliphatic rings. The van der Waals surface area contributed by atoms with Crippen molar-refractivity contribution in [3.8, 4) is 18.2 Å². The fourth-order valence-corrected chi connectivity index (χ4v) is 1.57. The predicted molar refractivity (Wildman–Crippen MR) is 61.8 cm³/mol. The van der Waals surface area contributed by atoms with Crippen molar-refractivity contribution in [3.63, 3.8) is 0 Å². The van der Waals surface area contributed by atoms with Gasteiger partial charge in [-0.05, 0) is 26.7 Å². The summed E-state index contributed by atoms with van der Waals surface area (Å²) >= 11 is 0. The first-order valence-corrected chi connectivity index (χ1v) is 5.76. The molecule has 0 heterocycles. The largest absolute Gasteiger partial charge is 0.198 e. The summed E-state index contributed by atoms with van der Waals surface area (Å²) in [4.78, 5) is 0. The van der Waals surface area contributed by atoms with E-state index < -0.39 is 5.41 Å². The van der Waals surface area contributed by atoms with E-state index in [1.54, 1.807) is 0 Å². The van der Waals surface area contributed by atoms with Crippen molar-refractivity contribution in [2.75, 3.05) is 0 Å². The SMILES string of the molecule is CC(C)(C#N)C(C#N)CCCCCCC#N. The highest BCUT2D eigenvalue weighted by Crippen LogP contribution is 2.29. The lowest BCUT2D eigenvalue weighted by atomic mass is 9.78. The highest BCUT2D eigenvalue weighted by Gasteiger charge is 2.28. The minimum atomic E-state index is -0.554. The van der Waals surface area contributed by atoms with E-state index in [1.807, 2.05) is 13.8 Å². The van der Waals surface area contributed by atoms with Gasteiger partial charge in [0.15, 0.2) is 0 Å². The second kappa shape index (κ2) is 7.72. The molecule has 3 nitrogen and oxygen atoms in total. The molecule has 86 valence electrons. The van der Waals surface area contributed by atoms with Gasteiger partial charge in [-0.2, -0.15) is 15.8 Å². The second-order valence-electron chi connectivity index (χ2n) is 4.63. The van der Waals surface area contributed by atoms with E-state index in [1.165, 1.54) is 0 Å². The molecule has 0 rings (SSSR count). The molecule has 0 aromatic heterocycles. The van der Waals surface area contributed by atoms with Crippen molar-refractivity contribution in [1.82, 2.24) is 0 Å². The molecule has 16 heavy (non-hydrogen) atoms. The summed E-state index contributed by atoms with van der Waals surface area (Å²) in [5, 5.41) is 26.3. The molecule has 0 saturated heterocycles. The van der Waals surface area contributed by atoms with Crippen LogP contribution in [0.5, 0.6) is 0 Å². The maximum absolute atomic E-state index is 8.99. The Labute approximate surface area is 98.3 Å². The van der Waals surface area contributed by atoms with Gasteiger partial charge in [-0.1, -0.05) is 19.3 Å². The highest BCUT2D eigenvalue weighted by atomic mass is 14.4. The van der Waals surface area contributed by atoms with E-state index in [4.69, 9.17) is 15.8 Å². The Bertz CT molecular complexity index is 312. The molecule has 0 aromatic rings. The van der Waals surface area contributed by atoms with Crippen LogP contribution in [-0.4, -0.2) is 0 Å². The quantitative estimate of drug-likeness (QED) is 0.612. The lowest BCUT2D eigenvalue weighted by Crippen LogP contribution is -2.20. The number of nitrogens with zero attached hydrogens (tertiary/aromatic N) is 3. The van der Waals surface area contributed by atoms with Gasteiger partial charge in [-0.15, -0.1) is 0 Å². The van der Waals surface area contributed by atoms with Crippen LogP contribution >= 0.6 is 0 Å². The summed E-state index contributed by atoms with van der Waals surface area (Å²) in [6.45, 7) is 3.63. The molecule has 0 fully saturated rings. The highest BCUT2D eigenvalue weighted by molar-refractivity contribution is 5.04. The molecule has 1 atom stereocenters. The topological polar surface area (TPSA) is 71.4 Å². The Morgan fingerprint density at radius 3 is 2.12 bits per heavy atom. The van der Waals surface area contributed by atoms with Crippen LogP contribution in [0.1, 0.15) is 52.4 Å². The minimum absolute atomic E-state index is 0.187. The third-order valence-electron chi connectivity index (χ3n) is 2.85. The van der Waals surface area contributed by atoms with Gasteiger partial charge in [-0.25, -0.2) is 0 Å². The summed E-state index contributed by atoms with van der Waals surface area (Å²) in [5.74, 6) is -0.187. The van der Waals surface area contributed by atoms with Crippen LogP contribution in [0, 0.1) is 45.3 Å². The molecule has 0 saturated carbocycles. The monoisotopic (exact) mass is 217 g/mol. The summed E-state index contributed by atoms with van der Waals surface area (Å²) < 4.78 is 0. The van der Waals surface area contributed by atoms with Crippen LogP contribution in [0.25, 0.3) is 0 Å². The summed E-state index contributed by atoms with van der Waals surface area (Å²) in [6, 6.07) is 6.52. The Kier molecular flexibility index (Phi) is 6.98. The van der Waals surface area contributed by atoms with Crippen molar-refractivity contribution in [3.05, 3.63) is 0 Å². The molecule has 0 bridgehead atoms. The number of rotatable bonds is 7. The smallest absolute Gasteiger partial charge is 0.0697 e. The Morgan fingerprint density at radius 1 is 1.00 bits per heavy atom. The van der Waals surface area contributed by atoms with Crippen LogP contribution in [0.3, 0.4) is 0 Å². The zero-order valence-corrected chi connectivity index (χ0v) is 10.2. The lowest BCUT2D eigenvalue weighted by Gasteiger charge is -2.21. The molecular formula is C13H19N3. The minimum Gasteiger partial charge on any atom is -0.198 e. The standard InChI is InChI=1S/C13H19N3/c1-13(2,11-16)12(10-15)8-6-4-3-5-7-9-14/h12H,3-8H2,1-2H3. The molecule has 3 heteroatoms. The molecule has 0 aliphatic carbocycles. The molecular weight excluding hydrogens is 198 g/mol. The maximum atomic E-state index is 8.99. The van der Waals surface area contributed by atoms with Gasteiger partial charge in [0.05, 0.1) is 29.5 Å². The number of hydrogen-bond acceptors (Lipinski definition) is 3. The number of hydrogen-bond donors (Lipinski definition) is 0. The van der Waals surface area contributed by atoms with Gasteiger partial charge >= 0.3 is 0 Å². The summed E-state index contributed by atoms with van der Waals surface area (Å²) in [5.41, 5.74) is -0.554. The van der Waals surface area contributed by atoms with Crippen molar-refractivity contribution < 1.29 is 0 Å². The van der Waals surface area contributed by atoms with Gasteiger partial charge in [0.25, 0.3) is 0 Å². The van der Waals surface area contributed by atoms with E-state index in [0.29, 0.717) is 6.42 Å². The van der Waals surface area contributed by atoms with Crippen LogP contribution in [0.4, 0.5) is 0 Å². The zero-order chi connectivity index (χ0) is 12.4. The van der Waals surface area contributed by atoms with Gasteiger partial charge in [0, 0.05) is 6.42 Å². The van der Waals surface area contributed by atoms with Gasteiger partial charge < -0.3 is 0 Å². The van der Waals surface area contributed by atoms with Crippen molar-refractivity contribution in [1.29, 1.82) is 15.8 Å². The fraction of sp³-hybridized carbons (Fsp3) is 0.769. The first-order chi connectivity index (χ1) is 7.58. The average molecular weight is 217 g/mol. The molecule has 0 aliphatic heterocycles. The molecule has 0 amide bonds. The maximum Gasteiger partial charge on any atom is 0.0697 e. The van der Waals surface area contributed by atoms with Gasteiger partial charge in [-0.3, -0.25) is 0 Å². The van der Waals surface area contributed by atoms with Crippen molar-refractivity contribution in [2.24, 2.45) is 11.3 Å². The predicted octanol–water partition coefficient (Wildman–Crippen LogP) is 3.54. The van der Waals surface area contributed by atoms with Crippen LogP contribution < -0.4 is 0 Å². The summed E-state index contributed by atoms with van der Waals surface area (Å²) in [6.07, 6.45) is 5.39. The van der Waals surface area contributed by atoms with Crippen LogP contribution in [0.2, 0.25) is 0 Å². The molecule has 0 aromatic carbocycles. The van der Waals surface area contributed by atoms with E-state index in [-0.39, 0.29) is 5.92 Å². The van der Waals surface area contributed by atoms with Crippen LogP contribution in [0.15, 0.2) is 0 Å². The van der Waals surface area contributed by atoms with E-state index in [2.05, 4.69) is 18.2 Å². The summed E-state index contributed by atoms with van der Waals surface area (Å²) in [7, 11) is 0. The average Bonchev–Trinajstić information content (AvgIpc) is 2.28. The van der Waals surface area contributed by atoms with Gasteiger partial charge in [0.1, 0.15) is 0 Å². The first kappa shape index (κ1) is 14.5. The normalized spacial score (nSPS) is 12.2. The van der Waals surface area contributed by atoms with Gasteiger partial charge in [0.2, 0.25) is 0 Å². The second-order valence-corrected chi connectivity index (χ2v) is 4.63. The Hall–Kier alpha value is -1.53. The zero-order valence-electron chi connectivity index (χ0n) is 10.2. The van der Waals surface area contributed by atoms with E-state index in [0.717, 1.165) is 32.1 Å². The molecule has 0 spiro atoms. The number of unbranched alkanes of at least 4 members (excludes halogenated alkanes) is 4. The molecule has 0 radical (unpaired) electrons. The number of nitriles is 3. The van der Waals surface area contributed by atoms with Crippen LogP contribution in [-0.2, 0) is 0 Å². The molecule has 0 N–H and O–H groups in total. The third-order valence-corrected chi connectivity index (χ3v) is 2.85. The van der Waals surface area contributed by atoms with E-state index in [9.17, 15) is 0 Å². The third kappa shape index (κ3) is 5.38. The Morgan fingerprint density at radius 2 is 1.62 bits per heavy atom. The Balaban J connectivity index is 3.80. The van der Waals surface area contributed by atoms with E-state index >= 15 is 0 Å². The van der Waals surface area contributed by atoms with Crippen molar-refractivity contribution >= 4 is 0 Å². The first-order valence-electron chi connectivity index (χ1n) is 5.76. The lowest BCUT2D eigenvalue weighted by molar-refractivity contribution is 0.333.